The Hall–Kier alpha value is -0.720. The van der Waals surface area contributed by atoms with Gasteiger partial charge in [0.05, 0.1) is 6.08 Å². The molecule has 0 rings (SSSR count). The molecule has 0 unspecified atom stereocenters. The van der Waals surface area contributed by atoms with Gasteiger partial charge in [0.2, 0.25) is 0 Å². The highest BCUT2D eigenvalue weighted by Gasteiger charge is 1.76. The van der Waals surface area contributed by atoms with Crippen molar-refractivity contribution in [3.63, 3.8) is 0 Å². The third kappa shape index (κ3) is 10.9. The molecule has 0 atom stereocenters. The van der Waals surface area contributed by atoms with E-state index in [1.165, 1.54) is 0 Å². The van der Waals surface area contributed by atoms with Crippen LogP contribution in [0.2, 0.25) is 0 Å². The first-order valence-corrected chi connectivity index (χ1v) is 1.36. The summed E-state index contributed by atoms with van der Waals surface area (Å²) in [6.45, 7) is 3.04. The maximum absolute atomic E-state index is 9.44. The van der Waals surface area contributed by atoms with E-state index >= 15 is 0 Å². The summed E-state index contributed by atoms with van der Waals surface area (Å²) in [4.78, 5) is 9.44. The van der Waals surface area contributed by atoms with Gasteiger partial charge in [0.1, 0.15) is 0 Å². The van der Waals surface area contributed by atoms with Gasteiger partial charge in [0.15, 0.2) is 0 Å². The maximum atomic E-state index is 9.44. The number of hydrogen-bond donors (Lipinski definition) is 1. The number of hydrogen-bond acceptors (Lipinski definition) is 1. The zero-order valence-electron chi connectivity index (χ0n) is 3.55. The van der Waals surface area contributed by atoms with Crippen molar-refractivity contribution in [2.75, 3.05) is 0 Å². The van der Waals surface area contributed by atoms with Gasteiger partial charge < -0.3 is 5.11 Å². The van der Waals surface area contributed by atoms with Gasteiger partial charge in [-0.1, -0.05) is 6.58 Å². The van der Waals surface area contributed by atoms with Crippen molar-refractivity contribution >= 4 is 18.4 Å². The monoisotopic (exact) mass is 120 g/mol. The highest BCUT2D eigenvalue weighted by molar-refractivity contribution is 5.85. The number of carboxylic acid groups (broad SMARTS) is 1. The second kappa shape index (κ2) is 5.28. The standard InChI is InChI=1S/C4H4O2.ClH/c1-2-3-4(5)6;/h3H,1H2,(H,5,6);1H. The van der Waals surface area contributed by atoms with Gasteiger partial charge >= 0.3 is 5.97 Å². The van der Waals surface area contributed by atoms with E-state index in [-0.39, 0.29) is 12.4 Å². The second-order valence-electron chi connectivity index (χ2n) is 0.687. The average molecular weight is 121 g/mol. The van der Waals surface area contributed by atoms with Gasteiger partial charge in [0, 0.05) is 0 Å². The minimum atomic E-state index is -1.01. The van der Waals surface area contributed by atoms with Crippen LogP contribution in [0.25, 0.3) is 0 Å². The van der Waals surface area contributed by atoms with Crippen molar-refractivity contribution in [3.8, 4) is 0 Å². The molecule has 0 bridgehead atoms. The molecule has 2 nitrogen and oxygen atoms in total. The van der Waals surface area contributed by atoms with Crippen molar-refractivity contribution in [3.05, 3.63) is 18.4 Å². The third-order valence-corrected chi connectivity index (χ3v) is 0.226. The fourth-order valence-corrected chi connectivity index (χ4v) is 0.0873. The van der Waals surface area contributed by atoms with Gasteiger partial charge in [-0.2, -0.15) is 0 Å². The molecule has 40 valence electrons. The van der Waals surface area contributed by atoms with Crippen LogP contribution in [0.5, 0.6) is 0 Å². The lowest BCUT2D eigenvalue weighted by Crippen LogP contribution is -1.82. The summed E-state index contributed by atoms with van der Waals surface area (Å²) in [5.41, 5.74) is 2.09. The summed E-state index contributed by atoms with van der Waals surface area (Å²) in [7, 11) is 0. The van der Waals surface area contributed by atoms with Crippen LogP contribution in [0.3, 0.4) is 0 Å². The Balaban J connectivity index is 0. The molecule has 0 saturated heterocycles. The van der Waals surface area contributed by atoms with Crippen LogP contribution in [0.4, 0.5) is 0 Å². The molecule has 0 saturated carbocycles. The fraction of sp³-hybridized carbons (Fsp3) is 0. The highest BCUT2D eigenvalue weighted by Crippen LogP contribution is 1.58. The van der Waals surface area contributed by atoms with Gasteiger partial charge in [0.25, 0.3) is 0 Å². The van der Waals surface area contributed by atoms with E-state index in [1.54, 1.807) is 0 Å². The van der Waals surface area contributed by atoms with E-state index in [0.29, 0.717) is 0 Å². The zero-order valence-corrected chi connectivity index (χ0v) is 4.36. The number of carboxylic acids is 1. The minimum Gasteiger partial charge on any atom is -0.478 e. The van der Waals surface area contributed by atoms with Crippen LogP contribution in [0, 0.1) is 0 Å². The molecule has 0 aliphatic carbocycles. The summed E-state index contributed by atoms with van der Waals surface area (Å²) in [5.74, 6) is -1.01. The number of carbonyl (C=O) groups is 1. The van der Waals surface area contributed by atoms with E-state index in [1.807, 2.05) is 0 Å². The molecule has 0 heterocycles. The SMILES string of the molecule is C=C=CC(=O)O.Cl. The predicted molar refractivity (Wildman–Crippen MR) is 28.6 cm³/mol. The van der Waals surface area contributed by atoms with Crippen molar-refractivity contribution in [1.29, 1.82) is 0 Å². The van der Waals surface area contributed by atoms with Gasteiger partial charge in [-0.15, -0.1) is 18.1 Å². The Morgan fingerprint density at radius 3 is 2.29 bits per heavy atom. The number of rotatable bonds is 1. The fourth-order valence-electron chi connectivity index (χ4n) is 0.0873. The summed E-state index contributed by atoms with van der Waals surface area (Å²) in [6.07, 6.45) is 0.847. The molecule has 0 amide bonds. The van der Waals surface area contributed by atoms with Crippen molar-refractivity contribution in [2.24, 2.45) is 0 Å². The second-order valence-corrected chi connectivity index (χ2v) is 0.687. The molecule has 7 heavy (non-hydrogen) atoms. The van der Waals surface area contributed by atoms with Crippen molar-refractivity contribution < 1.29 is 9.90 Å². The molecule has 0 fully saturated rings. The van der Waals surface area contributed by atoms with Crippen LogP contribution < -0.4 is 0 Å². The van der Waals surface area contributed by atoms with Crippen molar-refractivity contribution in [2.45, 2.75) is 0 Å². The molecule has 0 spiro atoms. The summed E-state index contributed by atoms with van der Waals surface area (Å²) >= 11 is 0. The lowest BCUT2D eigenvalue weighted by atomic mass is 10.6. The Morgan fingerprint density at radius 1 is 1.86 bits per heavy atom. The molecule has 0 aromatic heterocycles. The Bertz CT molecular complexity index is 102. The molecular weight excluding hydrogens is 115 g/mol. The number of halogens is 1. The third-order valence-electron chi connectivity index (χ3n) is 0.226. The lowest BCUT2D eigenvalue weighted by Gasteiger charge is -1.65. The zero-order chi connectivity index (χ0) is 4.99. The normalized spacial score (nSPS) is 5.14. The first-order valence-electron chi connectivity index (χ1n) is 1.36. The highest BCUT2D eigenvalue weighted by atomic mass is 35.5. The van der Waals surface area contributed by atoms with Gasteiger partial charge in [-0.3, -0.25) is 0 Å². The molecule has 0 aliphatic rings. The van der Waals surface area contributed by atoms with Crippen LogP contribution >= 0.6 is 12.4 Å². The largest absolute Gasteiger partial charge is 0.478 e. The first kappa shape index (κ1) is 9.56. The van der Waals surface area contributed by atoms with Gasteiger partial charge in [-0.25, -0.2) is 4.79 Å². The molecule has 0 aromatic rings. The van der Waals surface area contributed by atoms with E-state index < -0.39 is 5.97 Å². The lowest BCUT2D eigenvalue weighted by molar-refractivity contribution is -0.131. The minimum absolute atomic E-state index is 0. The van der Waals surface area contributed by atoms with E-state index in [4.69, 9.17) is 5.11 Å². The van der Waals surface area contributed by atoms with Gasteiger partial charge in [-0.05, 0) is 0 Å². The molecule has 0 aromatic carbocycles. The molecule has 0 radical (unpaired) electrons. The molecule has 0 aliphatic heterocycles. The molecule has 1 N–H and O–H groups in total. The van der Waals surface area contributed by atoms with Crippen molar-refractivity contribution in [1.82, 2.24) is 0 Å². The van der Waals surface area contributed by atoms with Crippen LogP contribution in [0.15, 0.2) is 18.4 Å². The van der Waals surface area contributed by atoms with Crippen LogP contribution in [-0.4, -0.2) is 11.1 Å². The number of aliphatic carboxylic acids is 1. The summed E-state index contributed by atoms with van der Waals surface area (Å²) < 4.78 is 0. The van der Waals surface area contributed by atoms with Crippen LogP contribution in [-0.2, 0) is 4.79 Å². The summed E-state index contributed by atoms with van der Waals surface area (Å²) in [6, 6.07) is 0. The Labute approximate surface area is 47.6 Å². The quantitative estimate of drug-likeness (QED) is 0.411. The summed E-state index contributed by atoms with van der Waals surface area (Å²) in [5, 5.41) is 7.76. The topological polar surface area (TPSA) is 37.3 Å². The Morgan fingerprint density at radius 2 is 2.29 bits per heavy atom. The van der Waals surface area contributed by atoms with E-state index in [2.05, 4.69) is 12.3 Å². The molecular formula is C4H5ClO2. The average Bonchev–Trinajstić information content (AvgIpc) is 1.35. The maximum Gasteiger partial charge on any atom is 0.336 e. The Kier molecular flexibility index (Phi) is 7.21. The predicted octanol–water partition coefficient (Wildman–Crippen LogP) is 0.834. The molecule has 3 heteroatoms. The first-order chi connectivity index (χ1) is 2.77. The van der Waals surface area contributed by atoms with E-state index in [0.717, 1.165) is 6.08 Å². The smallest absolute Gasteiger partial charge is 0.336 e. The van der Waals surface area contributed by atoms with Crippen LogP contribution in [0.1, 0.15) is 0 Å². The van der Waals surface area contributed by atoms with E-state index in [9.17, 15) is 4.79 Å².